The predicted octanol–water partition coefficient (Wildman–Crippen LogP) is 3.64. The molecule has 1 N–H and O–H groups in total. The van der Waals surface area contributed by atoms with Gasteiger partial charge in [0.1, 0.15) is 0 Å². The fourth-order valence-corrected chi connectivity index (χ4v) is 2.24. The summed E-state index contributed by atoms with van der Waals surface area (Å²) < 4.78 is 10.6. The maximum absolute atomic E-state index is 11.9. The van der Waals surface area contributed by atoms with Gasteiger partial charge >= 0.3 is 0 Å². The SMILES string of the molecule is O=C(CCc1ccc2c(c1)OCO2)Nc1ccc(Cl)cc1. The Morgan fingerprint density at radius 3 is 2.67 bits per heavy atom. The molecule has 1 aliphatic heterocycles. The first-order valence-corrected chi connectivity index (χ1v) is 7.02. The Labute approximate surface area is 127 Å². The molecule has 5 heteroatoms. The van der Waals surface area contributed by atoms with Gasteiger partial charge in [-0.2, -0.15) is 0 Å². The van der Waals surface area contributed by atoms with Crippen molar-refractivity contribution in [1.82, 2.24) is 0 Å². The highest BCUT2D eigenvalue weighted by atomic mass is 35.5. The van der Waals surface area contributed by atoms with Crippen molar-refractivity contribution in [3.05, 3.63) is 53.1 Å². The lowest BCUT2D eigenvalue weighted by Crippen LogP contribution is -2.12. The van der Waals surface area contributed by atoms with Crippen LogP contribution in [0, 0.1) is 0 Å². The van der Waals surface area contributed by atoms with Crippen LogP contribution in [0.25, 0.3) is 0 Å². The molecule has 2 aromatic rings. The number of benzene rings is 2. The van der Waals surface area contributed by atoms with Crippen LogP contribution in [0.5, 0.6) is 11.5 Å². The van der Waals surface area contributed by atoms with Crippen LogP contribution < -0.4 is 14.8 Å². The van der Waals surface area contributed by atoms with Crippen LogP contribution in [0.3, 0.4) is 0 Å². The lowest BCUT2D eigenvalue weighted by molar-refractivity contribution is -0.116. The zero-order valence-electron chi connectivity index (χ0n) is 11.3. The molecular formula is C16H14ClNO3. The Morgan fingerprint density at radius 2 is 1.86 bits per heavy atom. The fraction of sp³-hybridized carbons (Fsp3) is 0.188. The van der Waals surface area contributed by atoms with Gasteiger partial charge in [0.05, 0.1) is 0 Å². The third kappa shape index (κ3) is 3.47. The zero-order chi connectivity index (χ0) is 14.7. The summed E-state index contributed by atoms with van der Waals surface area (Å²) in [5.74, 6) is 1.46. The summed E-state index contributed by atoms with van der Waals surface area (Å²) in [6.45, 7) is 0.260. The summed E-state index contributed by atoms with van der Waals surface area (Å²) in [5, 5.41) is 3.48. The van der Waals surface area contributed by atoms with Crippen LogP contribution in [-0.4, -0.2) is 12.7 Å². The Morgan fingerprint density at radius 1 is 1.10 bits per heavy atom. The molecule has 1 heterocycles. The third-order valence-corrected chi connectivity index (χ3v) is 3.46. The Bertz CT molecular complexity index is 655. The molecule has 108 valence electrons. The van der Waals surface area contributed by atoms with Crippen LogP contribution in [-0.2, 0) is 11.2 Å². The number of hydrogen-bond donors (Lipinski definition) is 1. The van der Waals surface area contributed by atoms with Crippen LogP contribution in [0.2, 0.25) is 5.02 Å². The molecule has 0 saturated carbocycles. The molecule has 0 saturated heterocycles. The third-order valence-electron chi connectivity index (χ3n) is 3.21. The van der Waals surface area contributed by atoms with Crippen molar-refractivity contribution >= 4 is 23.2 Å². The van der Waals surface area contributed by atoms with Crippen molar-refractivity contribution in [2.45, 2.75) is 12.8 Å². The summed E-state index contributed by atoms with van der Waals surface area (Å²) in [6.07, 6.45) is 1.05. The minimum atomic E-state index is -0.0324. The number of rotatable bonds is 4. The van der Waals surface area contributed by atoms with E-state index in [-0.39, 0.29) is 12.7 Å². The first-order valence-electron chi connectivity index (χ1n) is 6.65. The topological polar surface area (TPSA) is 47.6 Å². The van der Waals surface area contributed by atoms with E-state index in [4.69, 9.17) is 21.1 Å². The van der Waals surface area contributed by atoms with Crippen LogP contribution in [0.15, 0.2) is 42.5 Å². The molecule has 0 atom stereocenters. The highest BCUT2D eigenvalue weighted by molar-refractivity contribution is 6.30. The van der Waals surface area contributed by atoms with Crippen molar-refractivity contribution in [2.24, 2.45) is 0 Å². The predicted molar refractivity (Wildman–Crippen MR) is 81.0 cm³/mol. The molecule has 0 fully saturated rings. The van der Waals surface area contributed by atoms with Gasteiger partial charge in [0.25, 0.3) is 0 Å². The van der Waals surface area contributed by atoms with Gasteiger partial charge in [-0.3, -0.25) is 4.79 Å². The average molecular weight is 304 g/mol. The van der Waals surface area contributed by atoms with Crippen LogP contribution >= 0.6 is 11.6 Å². The lowest BCUT2D eigenvalue weighted by Gasteiger charge is -2.06. The summed E-state index contributed by atoms with van der Waals surface area (Å²) >= 11 is 5.80. The molecule has 1 aliphatic rings. The zero-order valence-corrected chi connectivity index (χ0v) is 12.0. The number of amides is 1. The van der Waals surface area contributed by atoms with E-state index >= 15 is 0 Å². The van der Waals surface area contributed by atoms with E-state index in [9.17, 15) is 4.79 Å². The second kappa shape index (κ2) is 6.06. The number of hydrogen-bond acceptors (Lipinski definition) is 3. The van der Waals surface area contributed by atoms with Gasteiger partial charge in [0.15, 0.2) is 11.5 Å². The molecule has 0 aromatic heterocycles. The van der Waals surface area contributed by atoms with Crippen molar-refractivity contribution in [3.8, 4) is 11.5 Å². The maximum Gasteiger partial charge on any atom is 0.231 e. The van der Waals surface area contributed by atoms with Gasteiger partial charge in [-0.05, 0) is 48.4 Å². The second-order valence-corrected chi connectivity index (χ2v) is 5.18. The first-order chi connectivity index (χ1) is 10.2. The summed E-state index contributed by atoms with van der Waals surface area (Å²) in [7, 11) is 0. The van der Waals surface area contributed by atoms with E-state index in [1.165, 1.54) is 0 Å². The molecular weight excluding hydrogens is 290 g/mol. The summed E-state index contributed by atoms with van der Waals surface area (Å²) in [6, 6.07) is 12.8. The average Bonchev–Trinajstić information content (AvgIpc) is 2.95. The smallest absolute Gasteiger partial charge is 0.231 e. The fourth-order valence-electron chi connectivity index (χ4n) is 2.11. The van der Waals surface area contributed by atoms with Crippen LogP contribution in [0.1, 0.15) is 12.0 Å². The van der Waals surface area contributed by atoms with E-state index in [1.54, 1.807) is 24.3 Å². The van der Waals surface area contributed by atoms with Gasteiger partial charge in [-0.15, -0.1) is 0 Å². The van der Waals surface area contributed by atoms with E-state index in [0.29, 0.717) is 17.9 Å². The van der Waals surface area contributed by atoms with Crippen LogP contribution in [0.4, 0.5) is 5.69 Å². The van der Waals surface area contributed by atoms with E-state index in [2.05, 4.69) is 5.32 Å². The largest absolute Gasteiger partial charge is 0.454 e. The minimum Gasteiger partial charge on any atom is -0.454 e. The minimum absolute atomic E-state index is 0.0324. The molecule has 1 amide bonds. The molecule has 2 aromatic carbocycles. The molecule has 3 rings (SSSR count). The molecule has 0 spiro atoms. The van der Waals surface area contributed by atoms with Crippen molar-refractivity contribution in [2.75, 3.05) is 12.1 Å². The number of fused-ring (bicyclic) bond motifs is 1. The molecule has 4 nitrogen and oxygen atoms in total. The van der Waals surface area contributed by atoms with Crippen molar-refractivity contribution in [1.29, 1.82) is 0 Å². The number of carbonyl (C=O) groups excluding carboxylic acids is 1. The number of halogens is 1. The Kier molecular flexibility index (Phi) is 3.97. The Balaban J connectivity index is 1.55. The lowest BCUT2D eigenvalue weighted by atomic mass is 10.1. The van der Waals surface area contributed by atoms with Gasteiger partial charge in [0.2, 0.25) is 12.7 Å². The molecule has 0 aliphatic carbocycles. The summed E-state index contributed by atoms with van der Waals surface area (Å²) in [5.41, 5.74) is 1.79. The number of ether oxygens (including phenoxy) is 2. The number of anilines is 1. The normalized spacial score (nSPS) is 12.2. The van der Waals surface area contributed by atoms with E-state index < -0.39 is 0 Å². The van der Waals surface area contributed by atoms with Gasteiger partial charge in [0, 0.05) is 17.1 Å². The van der Waals surface area contributed by atoms with Gasteiger partial charge < -0.3 is 14.8 Å². The number of carbonyl (C=O) groups is 1. The quantitative estimate of drug-likeness (QED) is 0.938. The van der Waals surface area contributed by atoms with Crippen molar-refractivity contribution in [3.63, 3.8) is 0 Å². The molecule has 0 unspecified atom stereocenters. The Hall–Kier alpha value is -2.20. The summed E-state index contributed by atoms with van der Waals surface area (Å²) in [4.78, 5) is 11.9. The number of aryl methyl sites for hydroxylation is 1. The second-order valence-electron chi connectivity index (χ2n) is 4.74. The monoisotopic (exact) mass is 303 g/mol. The molecule has 0 bridgehead atoms. The van der Waals surface area contributed by atoms with Crippen molar-refractivity contribution < 1.29 is 14.3 Å². The standard InChI is InChI=1S/C16H14ClNO3/c17-12-3-5-13(6-4-12)18-16(19)8-2-11-1-7-14-15(9-11)21-10-20-14/h1,3-7,9H,2,8,10H2,(H,18,19). The van der Waals surface area contributed by atoms with E-state index in [1.807, 2.05) is 18.2 Å². The highest BCUT2D eigenvalue weighted by Gasteiger charge is 2.13. The first kappa shape index (κ1) is 13.8. The maximum atomic E-state index is 11.9. The van der Waals surface area contributed by atoms with Gasteiger partial charge in [-0.25, -0.2) is 0 Å². The number of nitrogens with one attached hydrogen (secondary N) is 1. The van der Waals surface area contributed by atoms with E-state index in [0.717, 1.165) is 22.7 Å². The highest BCUT2D eigenvalue weighted by Crippen LogP contribution is 2.32. The van der Waals surface area contributed by atoms with Gasteiger partial charge in [-0.1, -0.05) is 17.7 Å². The molecule has 0 radical (unpaired) electrons. The molecule has 21 heavy (non-hydrogen) atoms.